The molecule has 0 amide bonds. The van der Waals surface area contributed by atoms with E-state index >= 15 is 0 Å². The molecule has 0 radical (unpaired) electrons. The number of nitrogens with one attached hydrogen (secondary N) is 1. The van der Waals surface area contributed by atoms with E-state index in [0.717, 1.165) is 16.8 Å². The van der Waals surface area contributed by atoms with Gasteiger partial charge in [-0.3, -0.25) is 4.21 Å². The smallest absolute Gasteiger partial charge is 0.332 e. The molecule has 0 aliphatic rings. The van der Waals surface area contributed by atoms with Gasteiger partial charge in [0.1, 0.15) is 0 Å². The van der Waals surface area contributed by atoms with E-state index in [-0.39, 0.29) is 4.90 Å². The molecule has 2 aromatic carbocycles. The molecule has 1 unspecified atom stereocenters. The van der Waals surface area contributed by atoms with Gasteiger partial charge in [0.05, 0.1) is 10.6 Å². The van der Waals surface area contributed by atoms with E-state index < -0.39 is 21.0 Å². The summed E-state index contributed by atoms with van der Waals surface area (Å²) in [5.74, 6) is 0.432. The molecule has 2 aromatic rings. The molecule has 0 spiro atoms. The van der Waals surface area contributed by atoms with E-state index in [0.29, 0.717) is 17.9 Å². The standard InChI is InChI=1S/C16H18FNO3S2/c1-12-7-8-15(23(17,20)21)9-14(12)10-18-16-6-4-3-5-13(16)11-22(2)19/h3-9,18H,10-11H2,1-2H3. The van der Waals surface area contributed by atoms with Crippen LogP contribution < -0.4 is 5.32 Å². The lowest BCUT2D eigenvalue weighted by Gasteiger charge is -2.13. The largest absolute Gasteiger partial charge is 0.381 e. The van der Waals surface area contributed by atoms with Crippen LogP contribution in [0, 0.1) is 6.92 Å². The Bertz CT molecular complexity index is 835. The van der Waals surface area contributed by atoms with Crippen LogP contribution in [0.25, 0.3) is 0 Å². The van der Waals surface area contributed by atoms with E-state index in [1.54, 1.807) is 12.3 Å². The minimum absolute atomic E-state index is 0.345. The predicted octanol–water partition coefficient (Wildman–Crippen LogP) is 3.14. The molecule has 0 aromatic heterocycles. The van der Waals surface area contributed by atoms with Gasteiger partial charge in [-0.05, 0) is 41.8 Å². The lowest BCUT2D eigenvalue weighted by atomic mass is 10.1. The second kappa shape index (κ2) is 7.23. The summed E-state index contributed by atoms with van der Waals surface area (Å²) >= 11 is 0. The molecule has 1 N–H and O–H groups in total. The molecule has 7 heteroatoms. The van der Waals surface area contributed by atoms with Crippen LogP contribution >= 0.6 is 0 Å². The first kappa shape index (κ1) is 17.6. The monoisotopic (exact) mass is 355 g/mol. The van der Waals surface area contributed by atoms with Gasteiger partial charge in [0.15, 0.2) is 0 Å². The SMILES string of the molecule is Cc1ccc(S(=O)(=O)F)cc1CNc1ccccc1CS(C)=O. The van der Waals surface area contributed by atoms with Crippen LogP contribution in [-0.4, -0.2) is 18.9 Å². The van der Waals surface area contributed by atoms with Crippen LogP contribution in [0.4, 0.5) is 9.57 Å². The van der Waals surface area contributed by atoms with Crippen molar-refractivity contribution in [3.63, 3.8) is 0 Å². The number of hydrogen-bond acceptors (Lipinski definition) is 4. The van der Waals surface area contributed by atoms with Gasteiger partial charge in [0, 0.05) is 29.3 Å². The maximum Gasteiger partial charge on any atom is 0.332 e. The highest BCUT2D eigenvalue weighted by Gasteiger charge is 2.13. The third-order valence-electron chi connectivity index (χ3n) is 3.45. The molecule has 4 nitrogen and oxygen atoms in total. The highest BCUT2D eigenvalue weighted by atomic mass is 32.3. The highest BCUT2D eigenvalue weighted by molar-refractivity contribution is 7.86. The first-order chi connectivity index (χ1) is 10.8. The average Bonchev–Trinajstić information content (AvgIpc) is 2.46. The number of para-hydroxylation sites is 1. The normalized spacial score (nSPS) is 12.8. The number of hydrogen-bond donors (Lipinski definition) is 1. The lowest BCUT2D eigenvalue weighted by Crippen LogP contribution is -2.06. The number of anilines is 1. The average molecular weight is 355 g/mol. The molecular formula is C16H18FNO3S2. The van der Waals surface area contributed by atoms with Crippen molar-refractivity contribution in [3.8, 4) is 0 Å². The van der Waals surface area contributed by atoms with E-state index in [1.165, 1.54) is 12.1 Å². The maximum atomic E-state index is 13.1. The quantitative estimate of drug-likeness (QED) is 0.809. The topological polar surface area (TPSA) is 63.2 Å². The summed E-state index contributed by atoms with van der Waals surface area (Å²) in [5, 5.41) is 3.20. The lowest BCUT2D eigenvalue weighted by molar-refractivity contribution is 0.552. The second-order valence-corrected chi connectivity index (χ2v) is 8.04. The Kier molecular flexibility index (Phi) is 5.54. The summed E-state index contributed by atoms with van der Waals surface area (Å²) in [6.07, 6.45) is 1.64. The van der Waals surface area contributed by atoms with Crippen molar-refractivity contribution in [1.82, 2.24) is 0 Å². The van der Waals surface area contributed by atoms with Gasteiger partial charge in [-0.15, -0.1) is 3.89 Å². The van der Waals surface area contributed by atoms with Crippen LogP contribution in [0.15, 0.2) is 47.4 Å². The van der Waals surface area contributed by atoms with Crippen molar-refractivity contribution in [3.05, 3.63) is 59.2 Å². The second-order valence-electron chi connectivity index (χ2n) is 5.25. The maximum absolute atomic E-state index is 13.1. The third-order valence-corrected chi connectivity index (χ3v) is 4.98. The molecule has 0 heterocycles. The Balaban J connectivity index is 2.23. The molecule has 0 aliphatic carbocycles. The molecule has 0 saturated heterocycles. The van der Waals surface area contributed by atoms with Crippen LogP contribution in [0.5, 0.6) is 0 Å². The van der Waals surface area contributed by atoms with E-state index in [4.69, 9.17) is 0 Å². The molecule has 124 valence electrons. The van der Waals surface area contributed by atoms with Gasteiger partial charge in [-0.2, -0.15) is 8.42 Å². The molecule has 23 heavy (non-hydrogen) atoms. The summed E-state index contributed by atoms with van der Waals surface area (Å²) < 4.78 is 46.6. The van der Waals surface area contributed by atoms with Gasteiger partial charge in [-0.1, -0.05) is 24.3 Å². The van der Waals surface area contributed by atoms with Gasteiger partial charge >= 0.3 is 10.2 Å². The Hall–Kier alpha value is -1.73. The van der Waals surface area contributed by atoms with E-state index in [9.17, 15) is 16.5 Å². The van der Waals surface area contributed by atoms with E-state index in [2.05, 4.69) is 5.32 Å². The van der Waals surface area contributed by atoms with Crippen LogP contribution in [-0.2, 0) is 33.3 Å². The summed E-state index contributed by atoms with van der Waals surface area (Å²) in [6, 6.07) is 11.7. The van der Waals surface area contributed by atoms with Crippen LogP contribution in [0.1, 0.15) is 16.7 Å². The first-order valence-electron chi connectivity index (χ1n) is 6.93. The third kappa shape index (κ3) is 4.87. The van der Waals surface area contributed by atoms with Crippen LogP contribution in [0.3, 0.4) is 0 Å². The Morgan fingerprint density at radius 3 is 2.48 bits per heavy atom. The number of aryl methyl sites for hydroxylation is 1. The number of rotatable bonds is 6. The fraction of sp³-hybridized carbons (Fsp3) is 0.250. The number of halogens is 1. The fourth-order valence-corrected chi connectivity index (χ4v) is 3.42. The molecule has 0 aliphatic heterocycles. The Labute approximate surface area is 138 Å². The summed E-state index contributed by atoms with van der Waals surface area (Å²) in [7, 11) is -5.68. The summed E-state index contributed by atoms with van der Waals surface area (Å²) in [6.45, 7) is 2.18. The van der Waals surface area contributed by atoms with Gasteiger partial charge in [0.2, 0.25) is 0 Å². The Morgan fingerprint density at radius 2 is 1.83 bits per heavy atom. The van der Waals surface area contributed by atoms with Crippen molar-refractivity contribution in [2.75, 3.05) is 11.6 Å². The zero-order chi connectivity index (χ0) is 17.0. The fourth-order valence-electron chi connectivity index (χ4n) is 2.22. The predicted molar refractivity (Wildman–Crippen MR) is 91.0 cm³/mol. The van der Waals surface area contributed by atoms with Gasteiger partial charge < -0.3 is 5.32 Å². The number of benzene rings is 2. The molecule has 2 rings (SSSR count). The zero-order valence-electron chi connectivity index (χ0n) is 12.9. The van der Waals surface area contributed by atoms with Crippen molar-refractivity contribution < 1.29 is 16.5 Å². The van der Waals surface area contributed by atoms with Crippen molar-refractivity contribution in [1.29, 1.82) is 0 Å². The van der Waals surface area contributed by atoms with Crippen molar-refractivity contribution in [2.24, 2.45) is 0 Å². The molecule has 0 saturated carbocycles. The minimum atomic E-state index is -4.72. The first-order valence-corrected chi connectivity index (χ1v) is 10.0. The van der Waals surface area contributed by atoms with E-state index in [1.807, 2.05) is 31.2 Å². The van der Waals surface area contributed by atoms with Crippen LogP contribution in [0.2, 0.25) is 0 Å². The van der Waals surface area contributed by atoms with Gasteiger partial charge in [0.25, 0.3) is 0 Å². The summed E-state index contributed by atoms with van der Waals surface area (Å²) in [4.78, 5) is -0.345. The zero-order valence-corrected chi connectivity index (χ0v) is 14.5. The summed E-state index contributed by atoms with van der Waals surface area (Å²) in [5.41, 5.74) is 3.30. The molecule has 1 atom stereocenters. The molecular weight excluding hydrogens is 337 g/mol. The minimum Gasteiger partial charge on any atom is -0.381 e. The van der Waals surface area contributed by atoms with Crippen molar-refractivity contribution in [2.45, 2.75) is 24.1 Å². The Morgan fingerprint density at radius 1 is 1.13 bits per heavy atom. The molecule has 0 bridgehead atoms. The molecule has 0 fully saturated rings. The van der Waals surface area contributed by atoms with Crippen molar-refractivity contribution >= 4 is 26.7 Å². The highest BCUT2D eigenvalue weighted by Crippen LogP contribution is 2.21. The van der Waals surface area contributed by atoms with Gasteiger partial charge in [-0.25, -0.2) is 0 Å².